The molecule has 2 aromatic rings. The van der Waals surface area contributed by atoms with Gasteiger partial charge in [0.15, 0.2) is 11.5 Å². The van der Waals surface area contributed by atoms with Crippen molar-refractivity contribution in [1.82, 2.24) is 10.2 Å². The third kappa shape index (κ3) is 7.47. The Morgan fingerprint density at radius 3 is 2.43 bits per heavy atom. The van der Waals surface area contributed by atoms with Crippen molar-refractivity contribution in [2.45, 2.75) is 44.9 Å². The predicted octanol–water partition coefficient (Wildman–Crippen LogP) is 4.25. The van der Waals surface area contributed by atoms with Gasteiger partial charge in [-0.15, -0.1) is 0 Å². The molecule has 0 spiro atoms. The fourth-order valence-electron chi connectivity index (χ4n) is 3.79. The van der Waals surface area contributed by atoms with Crippen LogP contribution in [0.15, 0.2) is 42.5 Å². The number of aliphatic hydroxyl groups excluding tert-OH is 1. The van der Waals surface area contributed by atoms with Crippen LogP contribution in [0.3, 0.4) is 0 Å². The Labute approximate surface area is 184 Å². The molecule has 1 aliphatic rings. The van der Waals surface area contributed by atoms with Crippen LogP contribution < -0.4 is 14.8 Å². The van der Waals surface area contributed by atoms with Crippen molar-refractivity contribution < 1.29 is 14.6 Å². The second-order valence-electron chi connectivity index (χ2n) is 7.90. The van der Waals surface area contributed by atoms with Crippen LogP contribution in [0.25, 0.3) is 0 Å². The number of aliphatic hydroxyl groups is 1. The van der Waals surface area contributed by atoms with Crippen molar-refractivity contribution in [3.05, 3.63) is 58.6 Å². The molecule has 6 heteroatoms. The van der Waals surface area contributed by atoms with Crippen molar-refractivity contribution in [1.29, 1.82) is 0 Å². The minimum absolute atomic E-state index is 0.263. The smallest absolute Gasteiger partial charge is 0.161 e. The maximum atomic E-state index is 10.4. The summed E-state index contributed by atoms with van der Waals surface area (Å²) in [5.41, 5.74) is 2.25. The molecular formula is C24H33ClN2O3. The number of hydrogen-bond donors (Lipinski definition) is 2. The first-order valence-electron chi connectivity index (χ1n) is 10.8. The van der Waals surface area contributed by atoms with Gasteiger partial charge in [0.1, 0.15) is 12.7 Å². The van der Waals surface area contributed by atoms with E-state index in [-0.39, 0.29) is 6.61 Å². The number of ether oxygens (including phenoxy) is 2. The topological polar surface area (TPSA) is 54.0 Å². The minimum Gasteiger partial charge on any atom is -0.493 e. The van der Waals surface area contributed by atoms with Gasteiger partial charge in [0, 0.05) is 24.7 Å². The molecule has 0 radical (unpaired) electrons. The normalized spacial score (nSPS) is 16.1. The molecular weight excluding hydrogens is 400 g/mol. The Kier molecular flexibility index (Phi) is 9.27. The number of benzene rings is 2. The van der Waals surface area contributed by atoms with Gasteiger partial charge >= 0.3 is 0 Å². The summed E-state index contributed by atoms with van der Waals surface area (Å²) in [5.74, 6) is 1.34. The van der Waals surface area contributed by atoms with Crippen LogP contribution in [0.1, 0.15) is 36.8 Å². The Balaban J connectivity index is 1.47. The number of rotatable bonds is 10. The zero-order valence-corrected chi connectivity index (χ0v) is 18.5. The number of nitrogens with one attached hydrogen (secondary N) is 1. The van der Waals surface area contributed by atoms with E-state index in [0.29, 0.717) is 24.6 Å². The van der Waals surface area contributed by atoms with E-state index in [1.54, 1.807) is 7.11 Å². The SMILES string of the molecule is COc1cc(CNCc2cccc(Cl)c2)ccc1OCC(O)CN1CCCCCC1. The molecule has 30 heavy (non-hydrogen) atoms. The zero-order valence-electron chi connectivity index (χ0n) is 17.8. The molecule has 0 bridgehead atoms. The van der Waals surface area contributed by atoms with Crippen LogP contribution in [-0.4, -0.2) is 49.5 Å². The average Bonchev–Trinajstić information content (AvgIpc) is 3.01. The first-order valence-corrected chi connectivity index (χ1v) is 11.2. The van der Waals surface area contributed by atoms with Gasteiger partial charge in [-0.25, -0.2) is 0 Å². The van der Waals surface area contributed by atoms with Crippen molar-refractivity contribution >= 4 is 11.6 Å². The number of likely N-dealkylation sites (tertiary alicyclic amines) is 1. The standard InChI is InChI=1S/C24H33ClN2O3/c1-29-24-14-20(16-26-15-19-7-6-8-21(25)13-19)9-10-23(24)30-18-22(28)17-27-11-4-2-3-5-12-27/h6-10,13-14,22,26,28H,2-5,11-12,15-18H2,1H3. The summed E-state index contributed by atoms with van der Waals surface area (Å²) in [5, 5.41) is 14.6. The van der Waals surface area contributed by atoms with Crippen LogP contribution in [-0.2, 0) is 13.1 Å². The summed E-state index contributed by atoms with van der Waals surface area (Å²) >= 11 is 6.03. The van der Waals surface area contributed by atoms with E-state index in [0.717, 1.165) is 35.8 Å². The Hall–Kier alpha value is -1.79. The van der Waals surface area contributed by atoms with E-state index in [2.05, 4.69) is 10.2 Å². The van der Waals surface area contributed by atoms with Crippen molar-refractivity contribution in [2.75, 3.05) is 33.4 Å². The number of methoxy groups -OCH3 is 1. The average molecular weight is 433 g/mol. The summed E-state index contributed by atoms with van der Waals surface area (Å²) in [4.78, 5) is 2.34. The van der Waals surface area contributed by atoms with Crippen LogP contribution in [0.5, 0.6) is 11.5 Å². The van der Waals surface area contributed by atoms with Crippen LogP contribution in [0, 0.1) is 0 Å². The highest BCUT2D eigenvalue weighted by Gasteiger charge is 2.15. The van der Waals surface area contributed by atoms with Gasteiger partial charge in [0.2, 0.25) is 0 Å². The van der Waals surface area contributed by atoms with Gasteiger partial charge in [0.05, 0.1) is 7.11 Å². The molecule has 1 unspecified atom stereocenters. The minimum atomic E-state index is -0.508. The van der Waals surface area contributed by atoms with Crippen molar-refractivity contribution in [2.24, 2.45) is 0 Å². The van der Waals surface area contributed by atoms with Gasteiger partial charge < -0.3 is 24.8 Å². The van der Waals surface area contributed by atoms with Gasteiger partial charge in [-0.2, -0.15) is 0 Å². The molecule has 0 aliphatic carbocycles. The van der Waals surface area contributed by atoms with Gasteiger partial charge in [0.25, 0.3) is 0 Å². The highest BCUT2D eigenvalue weighted by atomic mass is 35.5. The number of β-amino-alcohol motifs (C(OH)–C–C–N with tert-alkyl or cyclic N) is 1. The first kappa shape index (κ1) is 22.9. The Morgan fingerprint density at radius 1 is 1.00 bits per heavy atom. The molecule has 1 aliphatic heterocycles. The highest BCUT2D eigenvalue weighted by molar-refractivity contribution is 6.30. The molecule has 3 rings (SSSR count). The lowest BCUT2D eigenvalue weighted by molar-refractivity contribution is 0.0683. The lowest BCUT2D eigenvalue weighted by atomic mass is 10.2. The molecule has 2 N–H and O–H groups in total. The van der Waals surface area contributed by atoms with Crippen molar-refractivity contribution in [3.8, 4) is 11.5 Å². The maximum absolute atomic E-state index is 10.4. The first-order chi connectivity index (χ1) is 14.6. The second kappa shape index (κ2) is 12.2. The molecule has 1 heterocycles. The summed E-state index contributed by atoms with van der Waals surface area (Å²) in [6, 6.07) is 13.7. The molecule has 1 atom stereocenters. The molecule has 0 amide bonds. The molecule has 164 valence electrons. The van der Waals surface area contributed by atoms with E-state index in [1.165, 1.54) is 25.7 Å². The summed E-state index contributed by atoms with van der Waals surface area (Å²) < 4.78 is 11.4. The third-order valence-electron chi connectivity index (χ3n) is 5.37. The molecule has 5 nitrogen and oxygen atoms in total. The van der Waals surface area contributed by atoms with Crippen molar-refractivity contribution in [3.63, 3.8) is 0 Å². The monoisotopic (exact) mass is 432 g/mol. The van der Waals surface area contributed by atoms with E-state index < -0.39 is 6.10 Å². The molecule has 1 saturated heterocycles. The van der Waals surface area contributed by atoms with Crippen LogP contribution in [0.2, 0.25) is 5.02 Å². The summed E-state index contributed by atoms with van der Waals surface area (Å²) in [6.07, 6.45) is 4.51. The maximum Gasteiger partial charge on any atom is 0.161 e. The van der Waals surface area contributed by atoms with Crippen LogP contribution in [0.4, 0.5) is 0 Å². The number of nitrogens with zero attached hydrogens (tertiary/aromatic N) is 1. The second-order valence-corrected chi connectivity index (χ2v) is 8.33. The summed E-state index contributed by atoms with van der Waals surface area (Å²) in [6.45, 7) is 4.51. The largest absolute Gasteiger partial charge is 0.493 e. The van der Waals surface area contributed by atoms with E-state index in [1.807, 2.05) is 42.5 Å². The zero-order chi connectivity index (χ0) is 21.2. The lowest BCUT2D eigenvalue weighted by Crippen LogP contribution is -2.36. The quantitative estimate of drug-likeness (QED) is 0.587. The molecule has 0 aromatic heterocycles. The van der Waals surface area contributed by atoms with Gasteiger partial charge in [-0.1, -0.05) is 42.6 Å². The highest BCUT2D eigenvalue weighted by Crippen LogP contribution is 2.28. The Morgan fingerprint density at radius 2 is 1.73 bits per heavy atom. The summed E-state index contributed by atoms with van der Waals surface area (Å²) in [7, 11) is 1.64. The molecule has 2 aromatic carbocycles. The fourth-order valence-corrected chi connectivity index (χ4v) is 4.01. The lowest BCUT2D eigenvalue weighted by Gasteiger charge is -2.23. The molecule has 0 saturated carbocycles. The van der Waals surface area contributed by atoms with E-state index in [9.17, 15) is 5.11 Å². The van der Waals surface area contributed by atoms with E-state index >= 15 is 0 Å². The fraction of sp³-hybridized carbons (Fsp3) is 0.500. The number of hydrogen-bond acceptors (Lipinski definition) is 5. The Bertz CT molecular complexity index is 779. The predicted molar refractivity (Wildman–Crippen MR) is 121 cm³/mol. The van der Waals surface area contributed by atoms with Crippen LogP contribution >= 0.6 is 11.6 Å². The van der Waals surface area contributed by atoms with Gasteiger partial charge in [-0.05, 0) is 61.3 Å². The number of halogens is 1. The third-order valence-corrected chi connectivity index (χ3v) is 5.61. The van der Waals surface area contributed by atoms with E-state index in [4.69, 9.17) is 21.1 Å². The molecule has 1 fully saturated rings. The van der Waals surface area contributed by atoms with Gasteiger partial charge in [-0.3, -0.25) is 0 Å².